The van der Waals surface area contributed by atoms with Crippen molar-refractivity contribution in [3.05, 3.63) is 58.1 Å². The Balaban J connectivity index is 1.89. The number of nitrogens with one attached hydrogen (secondary N) is 1. The number of Topliss-reactive ketones (excluding diaryl/α,β-unsaturated/α-hetero) is 1. The molecule has 1 amide bonds. The van der Waals surface area contributed by atoms with Crippen molar-refractivity contribution < 1.29 is 14.3 Å². The maximum Gasteiger partial charge on any atom is 0.262 e. The number of hydrogen-bond donors (Lipinski definition) is 1. The summed E-state index contributed by atoms with van der Waals surface area (Å²) in [6, 6.07) is 11.2. The zero-order chi connectivity index (χ0) is 16.8. The zero-order valence-electron chi connectivity index (χ0n) is 11.8. The summed E-state index contributed by atoms with van der Waals surface area (Å²) in [5.74, 6) is -0.152. The van der Waals surface area contributed by atoms with Gasteiger partial charge in [0, 0.05) is 17.3 Å². The largest absolute Gasteiger partial charge is 0.484 e. The molecule has 1 N–H and O–H groups in total. The van der Waals surface area contributed by atoms with E-state index in [2.05, 4.69) is 5.32 Å². The van der Waals surface area contributed by atoms with Crippen LogP contribution >= 0.6 is 34.8 Å². The number of ether oxygens (including phenoxy) is 1. The molecule has 7 heteroatoms. The quantitative estimate of drug-likeness (QED) is 0.603. The molecule has 2 aromatic carbocycles. The molecule has 0 atom stereocenters. The lowest BCUT2D eigenvalue weighted by atomic mass is 10.1. The van der Waals surface area contributed by atoms with Crippen molar-refractivity contribution in [3.8, 4) is 5.75 Å². The molecule has 0 fully saturated rings. The van der Waals surface area contributed by atoms with Crippen LogP contribution in [0.1, 0.15) is 10.4 Å². The third-order valence-corrected chi connectivity index (χ3v) is 3.85. The number of halogens is 3. The van der Waals surface area contributed by atoms with Gasteiger partial charge in [-0.1, -0.05) is 23.2 Å². The van der Waals surface area contributed by atoms with E-state index in [9.17, 15) is 9.59 Å². The Labute approximate surface area is 148 Å². The molecule has 0 aromatic heterocycles. The highest BCUT2D eigenvalue weighted by molar-refractivity contribution is 6.42. The van der Waals surface area contributed by atoms with Gasteiger partial charge >= 0.3 is 0 Å². The van der Waals surface area contributed by atoms with Gasteiger partial charge in [0.05, 0.1) is 15.9 Å². The van der Waals surface area contributed by atoms with Crippen LogP contribution < -0.4 is 10.1 Å². The van der Waals surface area contributed by atoms with Crippen molar-refractivity contribution in [2.75, 3.05) is 17.8 Å². The van der Waals surface area contributed by atoms with E-state index in [1.165, 1.54) is 6.07 Å². The standard InChI is InChI=1S/C16H12Cl3NO3/c17-8-15(21)10-1-3-11(4-2-10)20-16(22)9-23-12-5-6-13(18)14(19)7-12/h1-7H,8-9H2,(H,20,22). The molecule has 0 saturated carbocycles. The van der Waals surface area contributed by atoms with Gasteiger partial charge in [-0.3, -0.25) is 9.59 Å². The molecule has 0 heterocycles. The molecule has 0 unspecified atom stereocenters. The highest BCUT2D eigenvalue weighted by atomic mass is 35.5. The highest BCUT2D eigenvalue weighted by Crippen LogP contribution is 2.26. The second-order valence-corrected chi connectivity index (χ2v) is 5.63. The third-order valence-electron chi connectivity index (χ3n) is 2.87. The summed E-state index contributed by atoms with van der Waals surface area (Å²) in [7, 11) is 0. The van der Waals surface area contributed by atoms with Gasteiger partial charge in [0.1, 0.15) is 5.75 Å². The number of anilines is 1. The van der Waals surface area contributed by atoms with Crippen LogP contribution in [0.15, 0.2) is 42.5 Å². The third kappa shape index (κ3) is 5.13. The maximum absolute atomic E-state index is 11.8. The fraction of sp³-hybridized carbons (Fsp3) is 0.125. The van der Waals surface area contributed by atoms with E-state index in [0.717, 1.165) is 0 Å². The van der Waals surface area contributed by atoms with Crippen LogP contribution in [0.4, 0.5) is 5.69 Å². The number of benzene rings is 2. The first-order valence-electron chi connectivity index (χ1n) is 6.56. The van der Waals surface area contributed by atoms with Gasteiger partial charge in [0.25, 0.3) is 5.91 Å². The first kappa shape index (κ1) is 17.6. The Kier molecular flexibility index (Phi) is 6.28. The normalized spacial score (nSPS) is 10.2. The SMILES string of the molecule is O=C(COc1ccc(Cl)c(Cl)c1)Nc1ccc(C(=O)CCl)cc1. The van der Waals surface area contributed by atoms with E-state index >= 15 is 0 Å². The first-order valence-corrected chi connectivity index (χ1v) is 7.85. The van der Waals surface area contributed by atoms with E-state index in [-0.39, 0.29) is 24.2 Å². The van der Waals surface area contributed by atoms with Crippen LogP contribution in [0.25, 0.3) is 0 Å². The lowest BCUT2D eigenvalue weighted by molar-refractivity contribution is -0.118. The summed E-state index contributed by atoms with van der Waals surface area (Å²) in [6.45, 7) is -0.180. The average Bonchev–Trinajstić information content (AvgIpc) is 2.56. The number of alkyl halides is 1. The summed E-state index contributed by atoms with van der Waals surface area (Å²) in [4.78, 5) is 23.2. The predicted octanol–water partition coefficient (Wildman–Crippen LogP) is 4.43. The van der Waals surface area contributed by atoms with Crippen LogP contribution in [-0.4, -0.2) is 24.2 Å². The summed E-state index contributed by atoms with van der Waals surface area (Å²) < 4.78 is 5.33. The maximum atomic E-state index is 11.8. The van der Waals surface area contributed by atoms with Crippen molar-refractivity contribution >= 4 is 52.2 Å². The first-order chi connectivity index (χ1) is 11.0. The lowest BCUT2D eigenvalue weighted by Gasteiger charge is -2.08. The molecule has 4 nitrogen and oxygen atoms in total. The van der Waals surface area contributed by atoms with E-state index in [4.69, 9.17) is 39.5 Å². The number of amides is 1. The molecule has 0 aliphatic rings. The fourth-order valence-electron chi connectivity index (χ4n) is 1.73. The summed E-state index contributed by atoms with van der Waals surface area (Å²) in [5, 5.41) is 3.42. The molecule has 0 saturated heterocycles. The van der Waals surface area contributed by atoms with Gasteiger partial charge in [-0.25, -0.2) is 0 Å². The zero-order valence-corrected chi connectivity index (χ0v) is 14.1. The number of ketones is 1. The van der Waals surface area contributed by atoms with Crippen molar-refractivity contribution in [2.45, 2.75) is 0 Å². The topological polar surface area (TPSA) is 55.4 Å². The number of hydrogen-bond acceptors (Lipinski definition) is 3. The Morgan fingerprint density at radius 3 is 2.30 bits per heavy atom. The predicted molar refractivity (Wildman–Crippen MR) is 92.1 cm³/mol. The molecule has 0 aliphatic heterocycles. The van der Waals surface area contributed by atoms with Gasteiger partial charge in [-0.2, -0.15) is 0 Å². The van der Waals surface area contributed by atoms with Crippen LogP contribution in [-0.2, 0) is 4.79 Å². The van der Waals surface area contributed by atoms with Crippen molar-refractivity contribution in [1.82, 2.24) is 0 Å². The molecule has 0 bridgehead atoms. The Morgan fingerprint density at radius 1 is 1.00 bits per heavy atom. The van der Waals surface area contributed by atoms with Crippen molar-refractivity contribution in [3.63, 3.8) is 0 Å². The van der Waals surface area contributed by atoms with Gasteiger partial charge in [-0.15, -0.1) is 11.6 Å². The van der Waals surface area contributed by atoms with E-state index in [0.29, 0.717) is 27.0 Å². The van der Waals surface area contributed by atoms with Crippen molar-refractivity contribution in [2.24, 2.45) is 0 Å². The van der Waals surface area contributed by atoms with Gasteiger partial charge in [-0.05, 0) is 36.4 Å². The Hall–Kier alpha value is -1.75. The molecule has 23 heavy (non-hydrogen) atoms. The Morgan fingerprint density at radius 2 is 1.70 bits per heavy atom. The number of rotatable bonds is 6. The highest BCUT2D eigenvalue weighted by Gasteiger charge is 2.07. The van der Waals surface area contributed by atoms with Gasteiger partial charge < -0.3 is 10.1 Å². The summed E-state index contributed by atoms with van der Waals surface area (Å²) in [5.41, 5.74) is 1.05. The van der Waals surface area contributed by atoms with Crippen LogP contribution in [0, 0.1) is 0 Å². The monoisotopic (exact) mass is 371 g/mol. The van der Waals surface area contributed by atoms with E-state index in [1.54, 1.807) is 36.4 Å². The van der Waals surface area contributed by atoms with E-state index in [1.807, 2.05) is 0 Å². The molecule has 2 aromatic rings. The lowest BCUT2D eigenvalue weighted by Crippen LogP contribution is -2.20. The molecular weight excluding hydrogens is 361 g/mol. The molecule has 0 radical (unpaired) electrons. The van der Waals surface area contributed by atoms with Crippen LogP contribution in [0.3, 0.4) is 0 Å². The van der Waals surface area contributed by atoms with Crippen molar-refractivity contribution in [1.29, 1.82) is 0 Å². The molecule has 0 aliphatic carbocycles. The minimum atomic E-state index is -0.340. The van der Waals surface area contributed by atoms with E-state index < -0.39 is 0 Å². The Bertz CT molecular complexity index is 717. The van der Waals surface area contributed by atoms with Crippen LogP contribution in [0.2, 0.25) is 10.0 Å². The minimum Gasteiger partial charge on any atom is -0.484 e. The molecular formula is C16H12Cl3NO3. The average molecular weight is 373 g/mol. The second kappa shape index (κ2) is 8.20. The minimum absolute atomic E-state index is 0.0802. The molecule has 0 spiro atoms. The number of carbonyl (C=O) groups is 2. The summed E-state index contributed by atoms with van der Waals surface area (Å²) >= 11 is 17.1. The summed E-state index contributed by atoms with van der Waals surface area (Å²) in [6.07, 6.45) is 0. The molecule has 2 rings (SSSR count). The number of carbonyl (C=O) groups excluding carboxylic acids is 2. The fourth-order valence-corrected chi connectivity index (χ4v) is 2.17. The van der Waals surface area contributed by atoms with Gasteiger partial charge in [0.15, 0.2) is 12.4 Å². The smallest absolute Gasteiger partial charge is 0.262 e. The second-order valence-electron chi connectivity index (χ2n) is 4.55. The van der Waals surface area contributed by atoms with Gasteiger partial charge in [0.2, 0.25) is 0 Å². The van der Waals surface area contributed by atoms with Crippen LogP contribution in [0.5, 0.6) is 5.75 Å². The molecule has 120 valence electrons.